The molecule has 4 nitrogen and oxygen atoms in total. The van der Waals surface area contributed by atoms with Gasteiger partial charge in [-0.1, -0.05) is 6.92 Å². The fraction of sp³-hybridized carbons (Fsp3) is 0.222. The Morgan fingerprint density at radius 1 is 1.23 bits per heavy atom. The van der Waals surface area contributed by atoms with E-state index in [-0.39, 0.29) is 0 Å². The SMILES string of the molecule is C[C](Cc1ncc[nH]1)c1ncc[nH]1. The Labute approximate surface area is 76.4 Å². The van der Waals surface area contributed by atoms with Crippen LogP contribution in [-0.4, -0.2) is 19.9 Å². The molecule has 0 aromatic carbocycles. The zero-order chi connectivity index (χ0) is 9.10. The summed E-state index contributed by atoms with van der Waals surface area (Å²) in [6, 6.07) is 0. The Balaban J connectivity index is 2.04. The number of aromatic amines is 2. The zero-order valence-corrected chi connectivity index (χ0v) is 7.41. The first kappa shape index (κ1) is 8.04. The number of hydrogen-bond acceptors (Lipinski definition) is 2. The lowest BCUT2D eigenvalue weighted by Crippen LogP contribution is -2.02. The molecule has 2 aromatic rings. The molecule has 13 heavy (non-hydrogen) atoms. The van der Waals surface area contributed by atoms with Gasteiger partial charge in [-0.15, -0.1) is 0 Å². The molecule has 0 spiro atoms. The molecule has 0 aliphatic carbocycles. The summed E-state index contributed by atoms with van der Waals surface area (Å²) < 4.78 is 0. The van der Waals surface area contributed by atoms with E-state index in [1.165, 1.54) is 5.92 Å². The van der Waals surface area contributed by atoms with E-state index in [1.807, 2.05) is 19.3 Å². The highest BCUT2D eigenvalue weighted by Gasteiger charge is 2.10. The van der Waals surface area contributed by atoms with Gasteiger partial charge >= 0.3 is 0 Å². The van der Waals surface area contributed by atoms with Crippen molar-refractivity contribution < 1.29 is 0 Å². The highest BCUT2D eigenvalue weighted by molar-refractivity contribution is 5.16. The molecule has 0 bridgehead atoms. The van der Waals surface area contributed by atoms with Gasteiger partial charge in [0.25, 0.3) is 0 Å². The Bertz CT molecular complexity index is 336. The molecule has 0 aliphatic heterocycles. The minimum atomic E-state index is 0.806. The number of aromatic nitrogens is 4. The van der Waals surface area contributed by atoms with E-state index in [4.69, 9.17) is 0 Å². The summed E-state index contributed by atoms with van der Waals surface area (Å²) >= 11 is 0. The number of nitrogens with zero attached hydrogens (tertiary/aromatic N) is 2. The van der Waals surface area contributed by atoms with Crippen LogP contribution < -0.4 is 0 Å². The van der Waals surface area contributed by atoms with Gasteiger partial charge in [0.2, 0.25) is 0 Å². The average molecular weight is 175 g/mol. The molecule has 67 valence electrons. The van der Waals surface area contributed by atoms with E-state index in [0.717, 1.165) is 18.1 Å². The first-order valence-electron chi connectivity index (χ1n) is 4.16. The molecule has 0 fully saturated rings. The summed E-state index contributed by atoms with van der Waals surface area (Å²) in [6.45, 7) is 2.04. The Hall–Kier alpha value is -1.58. The van der Waals surface area contributed by atoms with Gasteiger partial charge in [-0.25, -0.2) is 9.97 Å². The standard InChI is InChI=1S/C9H11N4/c1-7(9-12-4-5-13-9)6-8-10-2-3-11-8/h2-5H,6H2,1H3,(H,10,11)(H,12,13). The second-order valence-corrected chi connectivity index (χ2v) is 2.93. The number of rotatable bonds is 3. The van der Waals surface area contributed by atoms with Crippen LogP contribution in [0, 0.1) is 5.92 Å². The van der Waals surface area contributed by atoms with Crippen molar-refractivity contribution >= 4 is 0 Å². The second kappa shape index (κ2) is 3.43. The van der Waals surface area contributed by atoms with Gasteiger partial charge in [-0.2, -0.15) is 0 Å². The lowest BCUT2D eigenvalue weighted by molar-refractivity contribution is 0.872. The van der Waals surface area contributed by atoms with Gasteiger partial charge in [0.05, 0.1) is 0 Å². The van der Waals surface area contributed by atoms with Crippen LogP contribution in [0.2, 0.25) is 0 Å². The highest BCUT2D eigenvalue weighted by Crippen LogP contribution is 2.12. The maximum Gasteiger partial charge on any atom is 0.113 e. The van der Waals surface area contributed by atoms with E-state index < -0.39 is 0 Å². The molecular formula is C9H11N4. The topological polar surface area (TPSA) is 57.4 Å². The van der Waals surface area contributed by atoms with Crippen LogP contribution in [-0.2, 0) is 6.42 Å². The summed E-state index contributed by atoms with van der Waals surface area (Å²) in [5.74, 6) is 3.07. The Morgan fingerprint density at radius 2 is 2.00 bits per heavy atom. The van der Waals surface area contributed by atoms with Crippen molar-refractivity contribution in [1.29, 1.82) is 0 Å². The number of hydrogen-bond donors (Lipinski definition) is 2. The molecule has 0 atom stereocenters. The smallest absolute Gasteiger partial charge is 0.113 e. The molecule has 0 saturated carbocycles. The Kier molecular flexibility index (Phi) is 2.12. The molecule has 0 unspecified atom stereocenters. The van der Waals surface area contributed by atoms with E-state index >= 15 is 0 Å². The molecule has 0 aliphatic rings. The summed E-state index contributed by atoms with van der Waals surface area (Å²) in [5, 5.41) is 0. The lowest BCUT2D eigenvalue weighted by atomic mass is 10.1. The third-order valence-corrected chi connectivity index (χ3v) is 1.89. The van der Waals surface area contributed by atoms with Crippen LogP contribution in [0.4, 0.5) is 0 Å². The number of H-pyrrole nitrogens is 2. The van der Waals surface area contributed by atoms with Crippen LogP contribution >= 0.6 is 0 Å². The monoisotopic (exact) mass is 175 g/mol. The van der Waals surface area contributed by atoms with Crippen LogP contribution in [0.1, 0.15) is 18.6 Å². The van der Waals surface area contributed by atoms with E-state index in [2.05, 4.69) is 19.9 Å². The maximum atomic E-state index is 4.16. The average Bonchev–Trinajstić information content (AvgIpc) is 2.74. The van der Waals surface area contributed by atoms with Crippen LogP contribution in [0.25, 0.3) is 0 Å². The molecular weight excluding hydrogens is 164 g/mol. The van der Waals surface area contributed by atoms with Gasteiger partial charge in [0.15, 0.2) is 0 Å². The first-order valence-corrected chi connectivity index (χ1v) is 4.16. The van der Waals surface area contributed by atoms with Gasteiger partial charge in [0.1, 0.15) is 11.6 Å². The summed E-state index contributed by atoms with van der Waals surface area (Å²) in [6.07, 6.45) is 7.96. The summed E-state index contributed by atoms with van der Waals surface area (Å²) in [7, 11) is 0. The second-order valence-electron chi connectivity index (χ2n) is 2.93. The summed E-state index contributed by atoms with van der Waals surface area (Å²) in [4.78, 5) is 14.4. The Morgan fingerprint density at radius 3 is 2.62 bits per heavy atom. The normalized spacial score (nSPS) is 10.9. The number of nitrogens with one attached hydrogen (secondary N) is 2. The lowest BCUT2D eigenvalue weighted by Gasteiger charge is -2.04. The molecule has 0 saturated heterocycles. The van der Waals surface area contributed by atoms with Crippen LogP contribution in [0.15, 0.2) is 24.8 Å². The molecule has 4 heteroatoms. The van der Waals surface area contributed by atoms with Crippen molar-refractivity contribution in [3.05, 3.63) is 42.4 Å². The fourth-order valence-corrected chi connectivity index (χ4v) is 1.23. The van der Waals surface area contributed by atoms with Crippen molar-refractivity contribution in [1.82, 2.24) is 19.9 Å². The van der Waals surface area contributed by atoms with E-state index in [1.54, 1.807) is 12.4 Å². The van der Waals surface area contributed by atoms with Gasteiger partial charge in [-0.3, -0.25) is 0 Å². The molecule has 0 amide bonds. The van der Waals surface area contributed by atoms with Crippen molar-refractivity contribution in [2.75, 3.05) is 0 Å². The van der Waals surface area contributed by atoms with Gasteiger partial charge in [-0.05, 0) is 0 Å². The van der Waals surface area contributed by atoms with Gasteiger partial charge < -0.3 is 9.97 Å². The predicted molar refractivity (Wildman–Crippen MR) is 48.9 cm³/mol. The van der Waals surface area contributed by atoms with E-state index in [9.17, 15) is 0 Å². The minimum Gasteiger partial charge on any atom is -0.349 e. The molecule has 2 N–H and O–H groups in total. The molecule has 2 aromatic heterocycles. The summed E-state index contributed by atoms with van der Waals surface area (Å²) in [5.41, 5.74) is 0. The quantitative estimate of drug-likeness (QED) is 0.739. The van der Waals surface area contributed by atoms with Crippen molar-refractivity contribution in [3.63, 3.8) is 0 Å². The molecule has 2 rings (SSSR count). The highest BCUT2D eigenvalue weighted by atomic mass is 14.9. The van der Waals surface area contributed by atoms with Crippen molar-refractivity contribution in [2.45, 2.75) is 13.3 Å². The molecule has 2 heterocycles. The minimum absolute atomic E-state index is 0.806. The largest absolute Gasteiger partial charge is 0.349 e. The van der Waals surface area contributed by atoms with Gasteiger partial charge in [0, 0.05) is 37.1 Å². The zero-order valence-electron chi connectivity index (χ0n) is 7.41. The number of imidazole rings is 2. The third-order valence-electron chi connectivity index (χ3n) is 1.89. The van der Waals surface area contributed by atoms with Crippen LogP contribution in [0.3, 0.4) is 0 Å². The third kappa shape index (κ3) is 1.77. The first-order chi connectivity index (χ1) is 6.36. The molecule has 1 radical (unpaired) electrons. The van der Waals surface area contributed by atoms with Crippen molar-refractivity contribution in [3.8, 4) is 0 Å². The predicted octanol–water partition coefficient (Wildman–Crippen LogP) is 1.32. The maximum absolute atomic E-state index is 4.16. The van der Waals surface area contributed by atoms with E-state index in [0.29, 0.717) is 0 Å². The van der Waals surface area contributed by atoms with Crippen LogP contribution in [0.5, 0.6) is 0 Å². The van der Waals surface area contributed by atoms with Crippen molar-refractivity contribution in [2.24, 2.45) is 0 Å². The fourth-order valence-electron chi connectivity index (χ4n) is 1.23.